The molecule has 2 heterocycles. The Balaban J connectivity index is 1.91. The van der Waals surface area contributed by atoms with Crippen LogP contribution in [0.25, 0.3) is 0 Å². The molecule has 0 aliphatic carbocycles. The van der Waals surface area contributed by atoms with Crippen molar-refractivity contribution in [3.8, 4) is 0 Å². The van der Waals surface area contributed by atoms with Crippen molar-refractivity contribution in [2.75, 3.05) is 20.1 Å². The lowest BCUT2D eigenvalue weighted by atomic mass is 9.94. The van der Waals surface area contributed by atoms with Gasteiger partial charge in [-0.1, -0.05) is 0 Å². The molecule has 1 fully saturated rings. The molecule has 0 bridgehead atoms. The van der Waals surface area contributed by atoms with Crippen LogP contribution in [0.15, 0.2) is 6.20 Å². The molecule has 0 atom stereocenters. The maximum atomic E-state index is 10.7. The molecule has 0 aromatic carbocycles. The summed E-state index contributed by atoms with van der Waals surface area (Å²) < 4.78 is 0. The summed E-state index contributed by atoms with van der Waals surface area (Å²) in [4.78, 5) is 17.6. The standard InChI is InChI=1S/C11H16N2O2S/c1-13-4-2-8(3-5-13)6-10-12-7-9(16-10)11(14)15/h7-8H,2-6H2,1H3,(H,14,15). The molecule has 1 aromatic rings. The van der Waals surface area contributed by atoms with E-state index in [4.69, 9.17) is 5.11 Å². The number of hydrogen-bond acceptors (Lipinski definition) is 4. The molecule has 0 spiro atoms. The highest BCUT2D eigenvalue weighted by atomic mass is 32.1. The Hall–Kier alpha value is -0.940. The quantitative estimate of drug-likeness (QED) is 0.874. The van der Waals surface area contributed by atoms with E-state index in [1.54, 1.807) is 0 Å². The van der Waals surface area contributed by atoms with Crippen LogP contribution in [-0.2, 0) is 6.42 Å². The van der Waals surface area contributed by atoms with Gasteiger partial charge in [0, 0.05) is 6.42 Å². The van der Waals surface area contributed by atoms with Gasteiger partial charge in [-0.15, -0.1) is 11.3 Å². The summed E-state index contributed by atoms with van der Waals surface area (Å²) in [5, 5.41) is 9.77. The van der Waals surface area contributed by atoms with Crippen LogP contribution >= 0.6 is 11.3 Å². The Morgan fingerprint density at radius 2 is 2.31 bits per heavy atom. The molecule has 1 N–H and O–H groups in total. The van der Waals surface area contributed by atoms with Crippen LogP contribution in [0.4, 0.5) is 0 Å². The topological polar surface area (TPSA) is 53.4 Å². The molecule has 1 saturated heterocycles. The van der Waals surface area contributed by atoms with Gasteiger partial charge < -0.3 is 10.0 Å². The summed E-state index contributed by atoms with van der Waals surface area (Å²) in [5.74, 6) is -0.198. The Bertz CT molecular complexity index is 370. The number of aromatic nitrogens is 1. The van der Waals surface area contributed by atoms with Gasteiger partial charge in [-0.3, -0.25) is 0 Å². The number of nitrogens with zero attached hydrogens (tertiary/aromatic N) is 2. The van der Waals surface area contributed by atoms with E-state index in [0.717, 1.165) is 24.5 Å². The van der Waals surface area contributed by atoms with E-state index >= 15 is 0 Å². The highest BCUT2D eigenvalue weighted by Gasteiger charge is 2.19. The van der Waals surface area contributed by atoms with E-state index < -0.39 is 5.97 Å². The van der Waals surface area contributed by atoms with E-state index in [1.807, 2.05) is 0 Å². The summed E-state index contributed by atoms with van der Waals surface area (Å²) in [6.45, 7) is 2.28. The van der Waals surface area contributed by atoms with Crippen LogP contribution in [0, 0.1) is 5.92 Å². The molecule has 1 aromatic heterocycles. The monoisotopic (exact) mass is 240 g/mol. The van der Waals surface area contributed by atoms with Crippen molar-refractivity contribution in [2.45, 2.75) is 19.3 Å². The molecule has 2 rings (SSSR count). The largest absolute Gasteiger partial charge is 0.477 e. The number of thiazole rings is 1. The number of rotatable bonds is 3. The second-order valence-corrected chi connectivity index (χ2v) is 5.49. The van der Waals surface area contributed by atoms with Crippen molar-refractivity contribution >= 4 is 17.3 Å². The fraction of sp³-hybridized carbons (Fsp3) is 0.636. The van der Waals surface area contributed by atoms with Gasteiger partial charge in [0.05, 0.1) is 11.2 Å². The van der Waals surface area contributed by atoms with Gasteiger partial charge in [-0.2, -0.15) is 0 Å². The van der Waals surface area contributed by atoms with E-state index in [1.165, 1.54) is 30.4 Å². The maximum Gasteiger partial charge on any atom is 0.347 e. The summed E-state index contributed by atoms with van der Waals surface area (Å²) in [7, 11) is 2.14. The fourth-order valence-corrected chi connectivity index (χ4v) is 2.89. The molecule has 1 aliphatic heterocycles. The molecule has 16 heavy (non-hydrogen) atoms. The molecular weight excluding hydrogens is 224 g/mol. The van der Waals surface area contributed by atoms with Crippen LogP contribution in [0.5, 0.6) is 0 Å². The number of carboxylic acid groups (broad SMARTS) is 1. The third-order valence-corrected chi connectivity index (χ3v) is 4.07. The first-order valence-electron chi connectivity index (χ1n) is 5.51. The van der Waals surface area contributed by atoms with Gasteiger partial charge in [0.2, 0.25) is 0 Å². The number of aromatic carboxylic acids is 1. The van der Waals surface area contributed by atoms with Crippen molar-refractivity contribution < 1.29 is 9.90 Å². The predicted molar refractivity (Wildman–Crippen MR) is 63.0 cm³/mol. The normalized spacial score (nSPS) is 18.8. The number of likely N-dealkylation sites (tertiary alicyclic amines) is 1. The van der Waals surface area contributed by atoms with Gasteiger partial charge >= 0.3 is 5.97 Å². The number of carboxylic acids is 1. The number of piperidine rings is 1. The van der Waals surface area contributed by atoms with Gasteiger partial charge in [-0.05, 0) is 38.9 Å². The molecule has 0 saturated carbocycles. The highest BCUT2D eigenvalue weighted by Crippen LogP contribution is 2.23. The molecule has 0 unspecified atom stereocenters. The lowest BCUT2D eigenvalue weighted by Gasteiger charge is -2.28. The van der Waals surface area contributed by atoms with Crippen LogP contribution < -0.4 is 0 Å². The lowest BCUT2D eigenvalue weighted by molar-refractivity contribution is 0.0702. The summed E-state index contributed by atoms with van der Waals surface area (Å²) >= 11 is 1.31. The van der Waals surface area contributed by atoms with Crippen molar-refractivity contribution in [2.24, 2.45) is 5.92 Å². The fourth-order valence-electron chi connectivity index (χ4n) is 2.02. The Morgan fingerprint density at radius 3 is 2.88 bits per heavy atom. The van der Waals surface area contributed by atoms with Crippen LogP contribution in [0.1, 0.15) is 27.5 Å². The van der Waals surface area contributed by atoms with E-state index in [9.17, 15) is 4.79 Å². The van der Waals surface area contributed by atoms with Crippen LogP contribution in [-0.4, -0.2) is 41.1 Å². The van der Waals surface area contributed by atoms with Gasteiger partial charge in [0.1, 0.15) is 4.88 Å². The first-order valence-corrected chi connectivity index (χ1v) is 6.33. The Morgan fingerprint density at radius 1 is 1.62 bits per heavy atom. The Labute approximate surface area is 98.9 Å². The average molecular weight is 240 g/mol. The minimum absolute atomic E-state index is 0.350. The van der Waals surface area contributed by atoms with Crippen LogP contribution in [0.3, 0.4) is 0 Å². The smallest absolute Gasteiger partial charge is 0.347 e. The lowest BCUT2D eigenvalue weighted by Crippen LogP contribution is -2.30. The second kappa shape index (κ2) is 4.93. The summed E-state index contributed by atoms with van der Waals surface area (Å²) in [6.07, 6.45) is 4.79. The maximum absolute atomic E-state index is 10.7. The SMILES string of the molecule is CN1CCC(Cc2ncc(C(=O)O)s2)CC1. The zero-order valence-electron chi connectivity index (χ0n) is 9.35. The first-order chi connectivity index (χ1) is 7.65. The molecule has 5 heteroatoms. The zero-order chi connectivity index (χ0) is 11.5. The number of carbonyl (C=O) groups is 1. The third kappa shape index (κ3) is 2.80. The predicted octanol–water partition coefficient (Wildman–Crippen LogP) is 1.73. The van der Waals surface area contributed by atoms with Crippen molar-refractivity contribution in [1.82, 2.24) is 9.88 Å². The van der Waals surface area contributed by atoms with Crippen molar-refractivity contribution in [3.63, 3.8) is 0 Å². The summed E-state index contributed by atoms with van der Waals surface area (Å²) in [5.41, 5.74) is 0. The van der Waals surface area contributed by atoms with E-state index in [0.29, 0.717) is 10.8 Å². The second-order valence-electron chi connectivity index (χ2n) is 4.37. The minimum atomic E-state index is -0.868. The van der Waals surface area contributed by atoms with Crippen LogP contribution in [0.2, 0.25) is 0 Å². The zero-order valence-corrected chi connectivity index (χ0v) is 10.2. The first kappa shape index (κ1) is 11.5. The van der Waals surface area contributed by atoms with Crippen molar-refractivity contribution in [1.29, 1.82) is 0 Å². The highest BCUT2D eigenvalue weighted by molar-refractivity contribution is 7.13. The van der Waals surface area contributed by atoms with Gasteiger partial charge in [0.25, 0.3) is 0 Å². The summed E-state index contributed by atoms with van der Waals surface area (Å²) in [6, 6.07) is 0. The van der Waals surface area contributed by atoms with Gasteiger partial charge in [0.15, 0.2) is 0 Å². The van der Waals surface area contributed by atoms with E-state index in [2.05, 4.69) is 16.9 Å². The Kier molecular flexibility index (Phi) is 3.56. The van der Waals surface area contributed by atoms with Gasteiger partial charge in [-0.25, -0.2) is 9.78 Å². The molecule has 0 radical (unpaired) electrons. The third-order valence-electron chi connectivity index (χ3n) is 3.07. The van der Waals surface area contributed by atoms with Crippen molar-refractivity contribution in [3.05, 3.63) is 16.1 Å². The molecular formula is C11H16N2O2S. The molecule has 88 valence electrons. The number of hydrogen-bond donors (Lipinski definition) is 1. The average Bonchev–Trinajstić information content (AvgIpc) is 2.70. The molecule has 1 aliphatic rings. The van der Waals surface area contributed by atoms with E-state index in [-0.39, 0.29) is 0 Å². The molecule has 4 nitrogen and oxygen atoms in total. The molecule has 0 amide bonds. The minimum Gasteiger partial charge on any atom is -0.477 e.